The molecule has 0 aliphatic carbocycles. The summed E-state index contributed by atoms with van der Waals surface area (Å²) in [7, 11) is 2.04. The Hall–Kier alpha value is -1.65. The lowest BCUT2D eigenvalue weighted by atomic mass is 10.1. The number of nitrogens with one attached hydrogen (secondary N) is 1. The number of likely N-dealkylation sites (tertiary alicyclic amines) is 1. The van der Waals surface area contributed by atoms with E-state index in [1.54, 1.807) is 0 Å². The quantitative estimate of drug-likeness (QED) is 0.317. The topological polar surface area (TPSA) is 57.9 Å². The molecule has 8 heteroatoms. The molecule has 0 amide bonds. The monoisotopic (exact) mass is 566 g/mol. The van der Waals surface area contributed by atoms with Crippen LogP contribution in [0.4, 0.5) is 0 Å². The van der Waals surface area contributed by atoms with Crippen molar-refractivity contribution < 1.29 is 4.74 Å². The van der Waals surface area contributed by atoms with Gasteiger partial charge in [0.1, 0.15) is 0 Å². The molecule has 0 saturated carbocycles. The van der Waals surface area contributed by atoms with Crippen LogP contribution in [0.25, 0.3) is 0 Å². The summed E-state index contributed by atoms with van der Waals surface area (Å²) in [6.07, 6.45) is 2.14. The lowest BCUT2D eigenvalue weighted by molar-refractivity contribution is -0.0502. The molecule has 2 saturated heterocycles. The standard InChI is InChI=1S/C25H38N6O.HI/c1-5-21-20(22(6-2)29(4)28-21)15-27-25(26-7-3)31-17-23-24(18-31)32-14-13-30(23)16-19-11-9-8-10-12-19;/h8-12,23-24H,5-7,13-18H2,1-4H3,(H,26,27);1H. The molecule has 2 unspecified atom stereocenters. The SMILES string of the molecule is CCNC(=NCc1c(CC)nn(C)c1CC)N1CC2OCCN(Cc3ccccc3)C2C1.I. The molecular weight excluding hydrogens is 527 g/mol. The number of aromatic nitrogens is 2. The molecule has 2 aliphatic rings. The molecule has 3 heterocycles. The van der Waals surface area contributed by atoms with Crippen LogP contribution < -0.4 is 5.32 Å². The highest BCUT2D eigenvalue weighted by molar-refractivity contribution is 14.0. The molecule has 2 fully saturated rings. The van der Waals surface area contributed by atoms with Gasteiger partial charge in [-0.15, -0.1) is 24.0 Å². The third-order valence-corrected chi connectivity index (χ3v) is 6.69. The first-order chi connectivity index (χ1) is 15.6. The van der Waals surface area contributed by atoms with E-state index in [4.69, 9.17) is 14.8 Å². The van der Waals surface area contributed by atoms with Gasteiger partial charge in [-0.1, -0.05) is 44.2 Å². The van der Waals surface area contributed by atoms with Gasteiger partial charge in [-0.05, 0) is 25.3 Å². The van der Waals surface area contributed by atoms with Gasteiger partial charge in [0.2, 0.25) is 0 Å². The van der Waals surface area contributed by atoms with Gasteiger partial charge in [0, 0.05) is 51.0 Å². The van der Waals surface area contributed by atoms with E-state index >= 15 is 0 Å². The maximum atomic E-state index is 6.19. The van der Waals surface area contributed by atoms with Crippen molar-refractivity contribution in [2.24, 2.45) is 12.0 Å². The van der Waals surface area contributed by atoms with Crippen LogP contribution in [0.2, 0.25) is 0 Å². The van der Waals surface area contributed by atoms with Gasteiger partial charge in [-0.2, -0.15) is 5.10 Å². The number of ether oxygens (including phenoxy) is 1. The summed E-state index contributed by atoms with van der Waals surface area (Å²) in [5, 5.41) is 8.24. The highest BCUT2D eigenvalue weighted by Gasteiger charge is 2.41. The number of halogens is 1. The number of aryl methyl sites for hydroxylation is 2. The minimum Gasteiger partial charge on any atom is -0.373 e. The number of fused-ring (bicyclic) bond motifs is 1. The maximum Gasteiger partial charge on any atom is 0.194 e. The van der Waals surface area contributed by atoms with Gasteiger partial charge in [0.05, 0.1) is 31.0 Å². The van der Waals surface area contributed by atoms with E-state index in [1.807, 2.05) is 11.7 Å². The van der Waals surface area contributed by atoms with E-state index in [0.717, 1.165) is 63.8 Å². The maximum absolute atomic E-state index is 6.19. The first-order valence-electron chi connectivity index (χ1n) is 12.1. The molecular formula is C25H39IN6O. The summed E-state index contributed by atoms with van der Waals surface area (Å²) in [6.45, 7) is 12.6. The Kier molecular flexibility index (Phi) is 9.57. The number of hydrogen-bond donors (Lipinski definition) is 1. The van der Waals surface area contributed by atoms with Crippen LogP contribution in [-0.2, 0) is 37.7 Å². The molecule has 182 valence electrons. The Morgan fingerprint density at radius 2 is 1.94 bits per heavy atom. The molecule has 4 rings (SSSR count). The van der Waals surface area contributed by atoms with Crippen LogP contribution in [0.15, 0.2) is 35.3 Å². The number of rotatable bonds is 7. The van der Waals surface area contributed by atoms with Crippen LogP contribution in [-0.4, -0.2) is 70.5 Å². The molecule has 0 spiro atoms. The molecule has 2 aliphatic heterocycles. The number of benzene rings is 1. The zero-order chi connectivity index (χ0) is 22.5. The number of morpholine rings is 1. The lowest BCUT2D eigenvalue weighted by Crippen LogP contribution is -2.50. The number of hydrogen-bond acceptors (Lipinski definition) is 4. The average molecular weight is 567 g/mol. The second-order valence-corrected chi connectivity index (χ2v) is 8.71. The Balaban J connectivity index is 0.00000306. The third-order valence-electron chi connectivity index (χ3n) is 6.69. The first kappa shape index (κ1) is 26.0. The van der Waals surface area contributed by atoms with Crippen molar-refractivity contribution in [1.29, 1.82) is 0 Å². The van der Waals surface area contributed by atoms with Crippen LogP contribution in [0.5, 0.6) is 0 Å². The summed E-state index contributed by atoms with van der Waals surface area (Å²) in [4.78, 5) is 10.0. The summed E-state index contributed by atoms with van der Waals surface area (Å²) < 4.78 is 8.21. The van der Waals surface area contributed by atoms with Gasteiger partial charge in [-0.3, -0.25) is 9.58 Å². The van der Waals surface area contributed by atoms with E-state index in [-0.39, 0.29) is 30.1 Å². The largest absolute Gasteiger partial charge is 0.373 e. The number of guanidine groups is 1. The van der Waals surface area contributed by atoms with E-state index in [2.05, 4.69) is 66.2 Å². The first-order valence-corrected chi connectivity index (χ1v) is 12.1. The Morgan fingerprint density at radius 3 is 2.64 bits per heavy atom. The summed E-state index contributed by atoms with van der Waals surface area (Å²) >= 11 is 0. The van der Waals surface area contributed by atoms with Crippen molar-refractivity contribution in [3.63, 3.8) is 0 Å². The van der Waals surface area contributed by atoms with Gasteiger partial charge in [0.25, 0.3) is 0 Å². The van der Waals surface area contributed by atoms with Crippen molar-refractivity contribution in [1.82, 2.24) is 24.9 Å². The van der Waals surface area contributed by atoms with Gasteiger partial charge >= 0.3 is 0 Å². The Labute approximate surface area is 215 Å². The fraction of sp³-hybridized carbons (Fsp3) is 0.600. The zero-order valence-electron chi connectivity index (χ0n) is 20.5. The van der Waals surface area contributed by atoms with Crippen LogP contribution >= 0.6 is 24.0 Å². The van der Waals surface area contributed by atoms with Crippen molar-refractivity contribution in [3.8, 4) is 0 Å². The predicted octanol–water partition coefficient (Wildman–Crippen LogP) is 3.21. The molecule has 0 bridgehead atoms. The van der Waals surface area contributed by atoms with Crippen LogP contribution in [0, 0.1) is 0 Å². The highest BCUT2D eigenvalue weighted by Crippen LogP contribution is 2.25. The molecule has 0 radical (unpaired) electrons. The molecule has 33 heavy (non-hydrogen) atoms. The van der Waals surface area contributed by atoms with Crippen molar-refractivity contribution >= 4 is 29.9 Å². The second kappa shape index (κ2) is 12.2. The molecule has 7 nitrogen and oxygen atoms in total. The molecule has 1 aromatic heterocycles. The number of aliphatic imine (C=N–C) groups is 1. The fourth-order valence-electron chi connectivity index (χ4n) is 5.10. The van der Waals surface area contributed by atoms with Crippen molar-refractivity contribution in [2.75, 3.05) is 32.8 Å². The third kappa shape index (κ3) is 5.89. The smallest absolute Gasteiger partial charge is 0.194 e. The summed E-state index contributed by atoms with van der Waals surface area (Å²) in [6, 6.07) is 11.2. The zero-order valence-corrected chi connectivity index (χ0v) is 22.8. The van der Waals surface area contributed by atoms with Gasteiger partial charge < -0.3 is 15.0 Å². The summed E-state index contributed by atoms with van der Waals surface area (Å²) in [5.41, 5.74) is 5.10. The normalized spacial score (nSPS) is 21.1. The molecule has 1 N–H and O–H groups in total. The van der Waals surface area contributed by atoms with E-state index in [9.17, 15) is 0 Å². The fourth-order valence-corrected chi connectivity index (χ4v) is 5.10. The Morgan fingerprint density at radius 1 is 1.15 bits per heavy atom. The summed E-state index contributed by atoms with van der Waals surface area (Å²) in [5.74, 6) is 0.984. The van der Waals surface area contributed by atoms with Gasteiger partial charge in [0.15, 0.2) is 5.96 Å². The lowest BCUT2D eigenvalue weighted by Gasteiger charge is -2.36. The average Bonchev–Trinajstić information content (AvgIpc) is 3.38. The molecule has 1 aromatic carbocycles. The minimum absolute atomic E-state index is 0. The molecule has 2 aromatic rings. The van der Waals surface area contributed by atoms with Crippen molar-refractivity contribution in [2.45, 2.75) is 58.8 Å². The van der Waals surface area contributed by atoms with Crippen LogP contribution in [0.3, 0.4) is 0 Å². The second-order valence-electron chi connectivity index (χ2n) is 8.71. The van der Waals surface area contributed by atoms with Gasteiger partial charge in [-0.25, -0.2) is 4.99 Å². The van der Waals surface area contributed by atoms with E-state index < -0.39 is 0 Å². The minimum atomic E-state index is 0. The molecule has 2 atom stereocenters. The van der Waals surface area contributed by atoms with E-state index in [1.165, 1.54) is 16.8 Å². The number of nitrogens with zero attached hydrogens (tertiary/aromatic N) is 5. The highest BCUT2D eigenvalue weighted by atomic mass is 127. The van der Waals surface area contributed by atoms with E-state index in [0.29, 0.717) is 12.6 Å². The Bertz CT molecular complexity index is 915. The van der Waals surface area contributed by atoms with Crippen LogP contribution in [0.1, 0.15) is 43.3 Å². The predicted molar refractivity (Wildman–Crippen MR) is 144 cm³/mol. The van der Waals surface area contributed by atoms with Crippen molar-refractivity contribution in [3.05, 3.63) is 52.8 Å².